The van der Waals surface area contributed by atoms with Crippen LogP contribution in [-0.4, -0.2) is 26.8 Å². The molecule has 1 heterocycles. The van der Waals surface area contributed by atoms with Gasteiger partial charge in [0, 0.05) is 0 Å². The lowest BCUT2D eigenvalue weighted by Crippen LogP contribution is -2.16. The third-order valence-corrected chi connectivity index (χ3v) is 2.82. The molecule has 0 unspecified atom stereocenters. The maximum absolute atomic E-state index is 13.1. The van der Waals surface area contributed by atoms with Crippen LogP contribution in [0.3, 0.4) is 0 Å². The molecule has 0 saturated heterocycles. The van der Waals surface area contributed by atoms with E-state index in [1.165, 1.54) is 6.07 Å². The van der Waals surface area contributed by atoms with Crippen molar-refractivity contribution in [1.82, 2.24) is 25.5 Å². The van der Waals surface area contributed by atoms with Crippen LogP contribution in [0.25, 0.3) is 5.69 Å². The van der Waals surface area contributed by atoms with E-state index >= 15 is 0 Å². The number of halogens is 2. The van der Waals surface area contributed by atoms with Gasteiger partial charge in [-0.3, -0.25) is 0 Å². The van der Waals surface area contributed by atoms with E-state index in [1.807, 2.05) is 6.92 Å². The number of tetrazole rings is 1. The summed E-state index contributed by atoms with van der Waals surface area (Å²) in [6.07, 6.45) is 0. The number of hydrogen-bond acceptors (Lipinski definition) is 4. The monoisotopic (exact) mass is 299 g/mol. The highest BCUT2D eigenvalue weighted by Crippen LogP contribution is 2.19. The molecular formula is C10H11BrFN5. The van der Waals surface area contributed by atoms with Crippen molar-refractivity contribution in [2.24, 2.45) is 0 Å². The van der Waals surface area contributed by atoms with Crippen molar-refractivity contribution in [1.29, 1.82) is 0 Å². The molecule has 90 valence electrons. The Morgan fingerprint density at radius 1 is 1.47 bits per heavy atom. The summed E-state index contributed by atoms with van der Waals surface area (Å²) in [5.74, 6) is 0.375. The van der Waals surface area contributed by atoms with Crippen LogP contribution in [0.4, 0.5) is 4.39 Å². The molecule has 0 aliphatic carbocycles. The Morgan fingerprint density at radius 3 is 3.00 bits per heavy atom. The molecule has 0 fully saturated rings. The van der Waals surface area contributed by atoms with Crippen LogP contribution in [0.1, 0.15) is 12.7 Å². The summed E-state index contributed by atoms with van der Waals surface area (Å²) in [6.45, 7) is 3.40. The molecule has 1 aromatic carbocycles. The largest absolute Gasteiger partial charge is 0.310 e. The van der Waals surface area contributed by atoms with Gasteiger partial charge in [-0.05, 0) is 51.1 Å². The van der Waals surface area contributed by atoms with Crippen molar-refractivity contribution in [3.63, 3.8) is 0 Å². The normalized spacial score (nSPS) is 10.8. The zero-order valence-electron chi connectivity index (χ0n) is 9.19. The Hall–Kier alpha value is -1.34. The number of rotatable bonds is 4. The quantitative estimate of drug-likeness (QED) is 0.933. The fourth-order valence-corrected chi connectivity index (χ4v) is 1.74. The summed E-state index contributed by atoms with van der Waals surface area (Å²) in [5, 5.41) is 14.5. The maximum Gasteiger partial charge on any atom is 0.170 e. The Morgan fingerprint density at radius 2 is 2.29 bits per heavy atom. The van der Waals surface area contributed by atoms with E-state index in [0.717, 1.165) is 12.2 Å². The Bertz CT molecular complexity index is 513. The summed E-state index contributed by atoms with van der Waals surface area (Å²) in [4.78, 5) is 0. The first kappa shape index (κ1) is 12.1. The lowest BCUT2D eigenvalue weighted by Gasteiger charge is -2.05. The van der Waals surface area contributed by atoms with Crippen LogP contribution < -0.4 is 5.32 Å². The topological polar surface area (TPSA) is 55.6 Å². The molecule has 17 heavy (non-hydrogen) atoms. The molecule has 0 bridgehead atoms. The van der Waals surface area contributed by atoms with Crippen LogP contribution in [0.5, 0.6) is 0 Å². The zero-order chi connectivity index (χ0) is 12.3. The molecule has 0 spiro atoms. The van der Waals surface area contributed by atoms with Gasteiger partial charge in [0.25, 0.3) is 0 Å². The molecule has 1 N–H and O–H groups in total. The summed E-state index contributed by atoms with van der Waals surface area (Å²) in [6, 6.07) is 4.64. The molecule has 0 aliphatic rings. The zero-order valence-corrected chi connectivity index (χ0v) is 10.8. The summed E-state index contributed by atoms with van der Waals surface area (Å²) in [5.41, 5.74) is 0.719. The predicted octanol–water partition coefficient (Wildman–Crippen LogP) is 1.67. The van der Waals surface area contributed by atoms with Gasteiger partial charge in [0.1, 0.15) is 5.82 Å². The summed E-state index contributed by atoms with van der Waals surface area (Å²) >= 11 is 3.14. The molecule has 0 amide bonds. The Kier molecular flexibility index (Phi) is 3.80. The van der Waals surface area contributed by atoms with Gasteiger partial charge in [0.2, 0.25) is 0 Å². The second-order valence-electron chi connectivity index (χ2n) is 3.39. The van der Waals surface area contributed by atoms with Gasteiger partial charge in [-0.1, -0.05) is 6.92 Å². The Balaban J connectivity index is 2.32. The highest BCUT2D eigenvalue weighted by molar-refractivity contribution is 9.10. The van der Waals surface area contributed by atoms with Crippen molar-refractivity contribution < 1.29 is 4.39 Å². The van der Waals surface area contributed by atoms with Gasteiger partial charge >= 0.3 is 0 Å². The SMILES string of the molecule is CCNCc1nnnn1-c1ccc(F)c(Br)c1. The van der Waals surface area contributed by atoms with Crippen molar-refractivity contribution in [3.8, 4) is 5.69 Å². The van der Waals surface area contributed by atoms with Gasteiger partial charge in [-0.25, -0.2) is 4.39 Å². The second kappa shape index (κ2) is 5.33. The molecule has 5 nitrogen and oxygen atoms in total. The number of nitrogens with one attached hydrogen (secondary N) is 1. The fraction of sp³-hybridized carbons (Fsp3) is 0.300. The molecule has 2 aromatic rings. The maximum atomic E-state index is 13.1. The van der Waals surface area contributed by atoms with Crippen LogP contribution in [-0.2, 0) is 6.54 Å². The van der Waals surface area contributed by atoms with E-state index in [4.69, 9.17) is 0 Å². The van der Waals surface area contributed by atoms with E-state index in [2.05, 4.69) is 36.8 Å². The van der Waals surface area contributed by atoms with Crippen LogP contribution in [0.2, 0.25) is 0 Å². The van der Waals surface area contributed by atoms with Gasteiger partial charge < -0.3 is 5.32 Å². The summed E-state index contributed by atoms with van der Waals surface area (Å²) in [7, 11) is 0. The first-order valence-corrected chi connectivity index (χ1v) is 5.95. The minimum absolute atomic E-state index is 0.310. The lowest BCUT2D eigenvalue weighted by molar-refractivity contribution is 0.618. The lowest BCUT2D eigenvalue weighted by atomic mass is 10.3. The van der Waals surface area contributed by atoms with Crippen LogP contribution in [0, 0.1) is 5.82 Å². The molecule has 0 radical (unpaired) electrons. The van der Waals surface area contributed by atoms with Gasteiger partial charge in [0.05, 0.1) is 16.7 Å². The third kappa shape index (κ3) is 2.67. The minimum atomic E-state index is -0.310. The average Bonchev–Trinajstić information content (AvgIpc) is 2.78. The molecule has 0 aliphatic heterocycles. The molecule has 1 aromatic heterocycles. The molecule has 7 heteroatoms. The van der Waals surface area contributed by atoms with Crippen LogP contribution in [0.15, 0.2) is 22.7 Å². The molecule has 2 rings (SSSR count). The first-order chi connectivity index (χ1) is 8.22. The summed E-state index contributed by atoms with van der Waals surface area (Å²) < 4.78 is 15.1. The molecule has 0 atom stereocenters. The van der Waals surface area contributed by atoms with E-state index in [0.29, 0.717) is 16.8 Å². The van der Waals surface area contributed by atoms with E-state index < -0.39 is 0 Å². The molecule has 0 saturated carbocycles. The standard InChI is InChI=1S/C10H11BrFN5/c1-2-13-6-10-14-15-16-17(10)7-3-4-9(12)8(11)5-7/h3-5,13H,2,6H2,1H3. The number of hydrogen-bond donors (Lipinski definition) is 1. The number of aromatic nitrogens is 4. The Labute approximate surface area is 106 Å². The number of nitrogens with zero attached hydrogens (tertiary/aromatic N) is 4. The van der Waals surface area contributed by atoms with Gasteiger partial charge in [-0.15, -0.1) is 5.10 Å². The van der Waals surface area contributed by atoms with Crippen molar-refractivity contribution >= 4 is 15.9 Å². The van der Waals surface area contributed by atoms with Crippen molar-refractivity contribution in [2.45, 2.75) is 13.5 Å². The smallest absolute Gasteiger partial charge is 0.170 e. The predicted molar refractivity (Wildman–Crippen MR) is 64.2 cm³/mol. The van der Waals surface area contributed by atoms with Crippen LogP contribution >= 0.6 is 15.9 Å². The minimum Gasteiger partial charge on any atom is -0.310 e. The first-order valence-electron chi connectivity index (χ1n) is 5.15. The third-order valence-electron chi connectivity index (χ3n) is 2.21. The van der Waals surface area contributed by atoms with E-state index in [1.54, 1.807) is 16.8 Å². The van der Waals surface area contributed by atoms with Gasteiger partial charge in [0.15, 0.2) is 5.82 Å². The van der Waals surface area contributed by atoms with E-state index in [9.17, 15) is 4.39 Å². The number of benzene rings is 1. The average molecular weight is 300 g/mol. The highest BCUT2D eigenvalue weighted by Gasteiger charge is 2.09. The fourth-order valence-electron chi connectivity index (χ4n) is 1.37. The van der Waals surface area contributed by atoms with Gasteiger partial charge in [-0.2, -0.15) is 4.68 Å². The van der Waals surface area contributed by atoms with E-state index in [-0.39, 0.29) is 5.82 Å². The van der Waals surface area contributed by atoms with Crippen molar-refractivity contribution in [3.05, 3.63) is 34.3 Å². The highest BCUT2D eigenvalue weighted by atomic mass is 79.9. The second-order valence-corrected chi connectivity index (χ2v) is 4.24. The molecular weight excluding hydrogens is 289 g/mol. The van der Waals surface area contributed by atoms with Crippen molar-refractivity contribution in [2.75, 3.05) is 6.54 Å².